The van der Waals surface area contributed by atoms with Gasteiger partial charge in [-0.15, -0.1) is 0 Å². The molecule has 7 heteroatoms. The van der Waals surface area contributed by atoms with Gasteiger partial charge in [0.1, 0.15) is 0 Å². The van der Waals surface area contributed by atoms with Crippen molar-refractivity contribution in [1.82, 2.24) is 9.55 Å². The largest absolute Gasteiger partial charge is 0.481 e. The second-order valence-electron chi connectivity index (χ2n) is 4.71. The lowest BCUT2D eigenvalue weighted by Crippen LogP contribution is -2.09. The van der Waals surface area contributed by atoms with Gasteiger partial charge >= 0.3 is 5.97 Å². The molecule has 0 aliphatic heterocycles. The Hall–Kier alpha value is -0.850. The molecule has 4 nitrogen and oxygen atoms in total. The van der Waals surface area contributed by atoms with E-state index in [2.05, 4.69) is 22.7 Å². The molecule has 1 atom stereocenters. The Morgan fingerprint density at radius 3 is 2.95 bits per heavy atom. The van der Waals surface area contributed by atoms with Crippen LogP contribution in [0.25, 0.3) is 11.0 Å². The van der Waals surface area contributed by atoms with Crippen LogP contribution < -0.4 is 0 Å². The molecule has 2 aromatic rings. The quantitative estimate of drug-likeness (QED) is 0.763. The molecule has 0 radical (unpaired) electrons. The predicted octanol–water partition coefficient (Wildman–Crippen LogP) is 4.18. The van der Waals surface area contributed by atoms with Crippen LogP contribution in [0, 0.1) is 0 Å². The molecule has 0 saturated heterocycles. The molecule has 1 heterocycles. The summed E-state index contributed by atoms with van der Waals surface area (Å²) in [6.07, 6.45) is 3.08. The van der Waals surface area contributed by atoms with E-state index in [0.29, 0.717) is 5.02 Å². The van der Waals surface area contributed by atoms with Crippen LogP contribution in [0.4, 0.5) is 0 Å². The number of rotatable bonds is 7. The number of carboxylic acids is 1. The van der Waals surface area contributed by atoms with Crippen molar-refractivity contribution in [3.8, 4) is 0 Å². The van der Waals surface area contributed by atoms with E-state index in [-0.39, 0.29) is 11.8 Å². The van der Waals surface area contributed by atoms with E-state index in [1.165, 1.54) is 11.8 Å². The van der Waals surface area contributed by atoms with Gasteiger partial charge < -0.3 is 9.67 Å². The molecular formula is C14H17ClN2O2S2. The summed E-state index contributed by atoms with van der Waals surface area (Å²) in [7, 11) is 0. The van der Waals surface area contributed by atoms with Crippen molar-refractivity contribution in [3.05, 3.63) is 23.2 Å². The molecule has 0 saturated carbocycles. The van der Waals surface area contributed by atoms with Crippen LogP contribution in [0.3, 0.4) is 0 Å². The van der Waals surface area contributed by atoms with E-state index < -0.39 is 5.97 Å². The van der Waals surface area contributed by atoms with Gasteiger partial charge in [-0.3, -0.25) is 4.79 Å². The fourth-order valence-electron chi connectivity index (χ4n) is 2.12. The number of imidazole rings is 1. The second kappa shape index (κ2) is 7.42. The average molecular weight is 345 g/mol. The summed E-state index contributed by atoms with van der Waals surface area (Å²) in [5.74, 6) is 0.213. The maximum atomic E-state index is 10.8. The van der Waals surface area contributed by atoms with Crippen molar-refractivity contribution in [2.45, 2.75) is 24.5 Å². The number of aliphatic carboxylic acids is 1. The summed E-state index contributed by atoms with van der Waals surface area (Å²) in [6, 6.07) is 5.82. The molecule has 21 heavy (non-hydrogen) atoms. The molecular weight excluding hydrogens is 328 g/mol. The number of fused-ring (bicyclic) bond motifs is 1. The van der Waals surface area contributed by atoms with E-state index in [1.807, 2.05) is 12.1 Å². The number of carbonyl (C=O) groups is 1. The van der Waals surface area contributed by atoms with E-state index in [0.717, 1.165) is 28.4 Å². The smallest absolute Gasteiger partial charge is 0.313 e. The van der Waals surface area contributed by atoms with Gasteiger partial charge in [0.05, 0.1) is 16.8 Å². The first-order valence-corrected chi connectivity index (χ1v) is 9.29. The molecule has 0 aliphatic rings. The Kier molecular flexibility index (Phi) is 5.84. The van der Waals surface area contributed by atoms with Gasteiger partial charge in [-0.1, -0.05) is 23.4 Å². The monoisotopic (exact) mass is 344 g/mol. The van der Waals surface area contributed by atoms with Crippen LogP contribution >= 0.6 is 35.1 Å². The highest BCUT2D eigenvalue weighted by molar-refractivity contribution is 7.99. The molecule has 2 rings (SSSR count). The number of nitrogens with zero attached hydrogens (tertiary/aromatic N) is 2. The molecule has 0 spiro atoms. The van der Waals surface area contributed by atoms with Crippen LogP contribution in [0.5, 0.6) is 0 Å². The van der Waals surface area contributed by atoms with E-state index >= 15 is 0 Å². The first-order valence-electron chi connectivity index (χ1n) is 6.54. The Labute approximate surface area is 137 Å². The van der Waals surface area contributed by atoms with Crippen LogP contribution in [0.2, 0.25) is 5.02 Å². The third kappa shape index (κ3) is 4.08. The Morgan fingerprint density at radius 2 is 2.29 bits per heavy atom. The number of benzene rings is 1. The predicted molar refractivity (Wildman–Crippen MR) is 90.8 cm³/mol. The first kappa shape index (κ1) is 16.5. The fraction of sp³-hybridized carbons (Fsp3) is 0.429. The summed E-state index contributed by atoms with van der Waals surface area (Å²) < 4.78 is 2.10. The zero-order valence-corrected chi connectivity index (χ0v) is 14.3. The van der Waals surface area contributed by atoms with Crippen LogP contribution in [0.15, 0.2) is 23.4 Å². The summed E-state index contributed by atoms with van der Waals surface area (Å²) in [4.78, 5) is 15.4. The lowest BCUT2D eigenvalue weighted by molar-refractivity contribution is -0.133. The van der Waals surface area contributed by atoms with Crippen molar-refractivity contribution >= 4 is 52.1 Å². The van der Waals surface area contributed by atoms with Gasteiger partial charge in [-0.25, -0.2) is 4.98 Å². The summed E-state index contributed by atoms with van der Waals surface area (Å²) in [5.41, 5.74) is 1.81. The second-order valence-corrected chi connectivity index (χ2v) is 7.07. The van der Waals surface area contributed by atoms with Gasteiger partial charge in [-0.2, -0.15) is 11.8 Å². The number of aromatic nitrogens is 2. The number of hydrogen-bond acceptors (Lipinski definition) is 4. The third-order valence-corrected chi connectivity index (χ3v) is 4.94. The van der Waals surface area contributed by atoms with E-state index in [1.54, 1.807) is 17.8 Å². The Morgan fingerprint density at radius 1 is 1.52 bits per heavy atom. The minimum absolute atomic E-state index is 0.00625. The molecule has 1 aromatic heterocycles. The third-order valence-electron chi connectivity index (χ3n) is 3.12. The maximum Gasteiger partial charge on any atom is 0.313 e. The summed E-state index contributed by atoms with van der Waals surface area (Å²) >= 11 is 9.14. The molecule has 0 aliphatic carbocycles. The van der Waals surface area contributed by atoms with Crippen LogP contribution in [0.1, 0.15) is 19.4 Å². The average Bonchev–Trinajstić information content (AvgIpc) is 2.80. The highest BCUT2D eigenvalue weighted by Gasteiger charge is 2.17. The van der Waals surface area contributed by atoms with Gasteiger partial charge in [0.2, 0.25) is 0 Å². The molecule has 0 fully saturated rings. The SMILES string of the molecule is CSCCC(C)n1c(SCC(=O)O)nc2ccc(Cl)cc21. The molecule has 0 amide bonds. The Bertz CT molecular complexity index is 645. The van der Waals surface area contributed by atoms with Gasteiger partial charge in [0, 0.05) is 11.1 Å². The Balaban J connectivity index is 2.42. The number of hydrogen-bond donors (Lipinski definition) is 1. The normalized spacial score (nSPS) is 12.7. The zero-order chi connectivity index (χ0) is 15.4. The number of thioether (sulfide) groups is 2. The van der Waals surface area contributed by atoms with Crippen molar-refractivity contribution in [1.29, 1.82) is 0 Å². The van der Waals surface area contributed by atoms with Gasteiger partial charge in [0.25, 0.3) is 0 Å². The lowest BCUT2D eigenvalue weighted by atomic mass is 10.2. The zero-order valence-electron chi connectivity index (χ0n) is 11.9. The maximum absolute atomic E-state index is 10.8. The van der Waals surface area contributed by atoms with Crippen LogP contribution in [-0.4, -0.2) is 38.4 Å². The number of halogens is 1. The van der Waals surface area contributed by atoms with Crippen molar-refractivity contribution in [3.63, 3.8) is 0 Å². The molecule has 0 bridgehead atoms. The first-order chi connectivity index (χ1) is 10.0. The minimum Gasteiger partial charge on any atom is -0.481 e. The van der Waals surface area contributed by atoms with E-state index in [4.69, 9.17) is 16.7 Å². The fourth-order valence-corrected chi connectivity index (χ4v) is 3.69. The minimum atomic E-state index is -0.839. The highest BCUT2D eigenvalue weighted by Crippen LogP contribution is 2.31. The van der Waals surface area contributed by atoms with E-state index in [9.17, 15) is 4.79 Å². The highest BCUT2D eigenvalue weighted by atomic mass is 35.5. The number of carboxylic acid groups (broad SMARTS) is 1. The topological polar surface area (TPSA) is 55.1 Å². The summed E-state index contributed by atoms with van der Waals surface area (Å²) in [6.45, 7) is 2.13. The molecule has 1 N–H and O–H groups in total. The standard InChI is InChI=1S/C14H17ClN2O2S2/c1-9(5-6-20-2)17-12-7-10(15)3-4-11(12)16-14(17)21-8-13(18)19/h3-4,7,9H,5-6,8H2,1-2H3,(H,18,19). The molecule has 114 valence electrons. The lowest BCUT2D eigenvalue weighted by Gasteiger charge is -2.16. The molecule has 1 unspecified atom stereocenters. The van der Waals surface area contributed by atoms with Gasteiger partial charge in [0.15, 0.2) is 5.16 Å². The van der Waals surface area contributed by atoms with Crippen molar-refractivity contribution in [2.75, 3.05) is 17.8 Å². The molecule has 1 aromatic carbocycles. The van der Waals surface area contributed by atoms with Gasteiger partial charge in [-0.05, 0) is 43.6 Å². The van der Waals surface area contributed by atoms with Crippen LogP contribution in [-0.2, 0) is 4.79 Å². The summed E-state index contributed by atoms with van der Waals surface area (Å²) in [5, 5.41) is 10.3. The van der Waals surface area contributed by atoms with Crippen molar-refractivity contribution in [2.24, 2.45) is 0 Å². The van der Waals surface area contributed by atoms with Crippen molar-refractivity contribution < 1.29 is 9.90 Å².